The Bertz CT molecular complexity index is 1310. The van der Waals surface area contributed by atoms with Gasteiger partial charge in [0.25, 0.3) is 5.56 Å². The Balaban J connectivity index is 1.73. The number of sulfone groups is 1. The van der Waals surface area contributed by atoms with Crippen LogP contribution in [0.15, 0.2) is 69.6 Å². The van der Waals surface area contributed by atoms with Crippen LogP contribution in [0.4, 0.5) is 0 Å². The van der Waals surface area contributed by atoms with Crippen LogP contribution in [-0.4, -0.2) is 40.5 Å². The summed E-state index contributed by atoms with van der Waals surface area (Å²) in [5.74, 6) is 0.445. The molecule has 4 aromatic rings. The second kappa shape index (κ2) is 6.89. The van der Waals surface area contributed by atoms with Gasteiger partial charge in [0.05, 0.1) is 42.0 Å². The number of hydrogen-bond acceptors (Lipinski definition) is 7. The number of methoxy groups -OCH3 is 1. The first kappa shape index (κ1) is 17.9. The zero-order chi connectivity index (χ0) is 19.7. The summed E-state index contributed by atoms with van der Waals surface area (Å²) in [6.07, 6.45) is 4.00. The Morgan fingerprint density at radius 3 is 2.75 bits per heavy atom. The molecule has 142 valence electrons. The van der Waals surface area contributed by atoms with E-state index in [-0.39, 0.29) is 21.9 Å². The standard InChI is InChI=1S/C18H15N5O4S/c1-27-17-4-2-3-13(22-17)11-23-18(24)16-6-5-14(7-12(16)8-21-23)28(25,26)15-9-19-20-10-15/h2-10H,11H2,1H3,(H,19,20). The molecule has 0 radical (unpaired) electrons. The van der Waals surface area contributed by atoms with E-state index in [1.165, 1.54) is 48.6 Å². The summed E-state index contributed by atoms with van der Waals surface area (Å²) in [6.45, 7) is 0.168. The number of pyridine rings is 1. The van der Waals surface area contributed by atoms with E-state index in [0.29, 0.717) is 22.3 Å². The Labute approximate surface area is 159 Å². The molecular formula is C18H15N5O4S. The van der Waals surface area contributed by atoms with Crippen LogP contribution in [0.3, 0.4) is 0 Å². The van der Waals surface area contributed by atoms with E-state index in [2.05, 4.69) is 20.3 Å². The molecule has 3 heterocycles. The van der Waals surface area contributed by atoms with Crippen LogP contribution in [0, 0.1) is 0 Å². The molecule has 0 bridgehead atoms. The van der Waals surface area contributed by atoms with Crippen molar-refractivity contribution in [3.63, 3.8) is 0 Å². The number of nitrogens with zero attached hydrogens (tertiary/aromatic N) is 4. The van der Waals surface area contributed by atoms with Gasteiger partial charge in [-0.15, -0.1) is 0 Å². The molecule has 0 atom stereocenters. The molecule has 1 N–H and O–H groups in total. The van der Waals surface area contributed by atoms with Gasteiger partial charge in [-0.3, -0.25) is 9.89 Å². The first-order chi connectivity index (χ1) is 13.5. The molecule has 9 nitrogen and oxygen atoms in total. The molecule has 0 amide bonds. The molecule has 3 aromatic heterocycles. The minimum atomic E-state index is -3.72. The van der Waals surface area contributed by atoms with Crippen molar-refractivity contribution in [1.82, 2.24) is 25.0 Å². The lowest BCUT2D eigenvalue weighted by Gasteiger charge is -2.08. The van der Waals surface area contributed by atoms with E-state index in [4.69, 9.17) is 4.74 Å². The van der Waals surface area contributed by atoms with Crippen molar-refractivity contribution in [2.45, 2.75) is 16.3 Å². The van der Waals surface area contributed by atoms with E-state index >= 15 is 0 Å². The van der Waals surface area contributed by atoms with Crippen LogP contribution in [-0.2, 0) is 16.4 Å². The zero-order valence-corrected chi connectivity index (χ0v) is 15.5. The number of aromatic nitrogens is 5. The van der Waals surface area contributed by atoms with Crippen LogP contribution in [0.1, 0.15) is 5.69 Å². The van der Waals surface area contributed by atoms with Crippen molar-refractivity contribution in [3.8, 4) is 5.88 Å². The van der Waals surface area contributed by atoms with Crippen LogP contribution in [0.25, 0.3) is 10.8 Å². The smallest absolute Gasteiger partial charge is 0.274 e. The first-order valence-electron chi connectivity index (χ1n) is 8.23. The highest BCUT2D eigenvalue weighted by Crippen LogP contribution is 2.22. The number of aromatic amines is 1. The highest BCUT2D eigenvalue weighted by atomic mass is 32.2. The minimum Gasteiger partial charge on any atom is -0.481 e. The van der Waals surface area contributed by atoms with E-state index in [0.717, 1.165) is 0 Å². The van der Waals surface area contributed by atoms with Crippen LogP contribution in [0.2, 0.25) is 0 Å². The van der Waals surface area contributed by atoms with Crippen molar-refractivity contribution in [1.29, 1.82) is 0 Å². The molecule has 0 unspecified atom stereocenters. The molecule has 0 aliphatic rings. The first-order valence-corrected chi connectivity index (χ1v) is 9.71. The van der Waals surface area contributed by atoms with Gasteiger partial charge < -0.3 is 4.74 Å². The normalized spacial score (nSPS) is 11.6. The summed E-state index contributed by atoms with van der Waals surface area (Å²) in [5.41, 5.74) is 0.279. The van der Waals surface area contributed by atoms with Gasteiger partial charge in [0, 0.05) is 17.6 Å². The van der Waals surface area contributed by atoms with Crippen LogP contribution < -0.4 is 10.3 Å². The molecular weight excluding hydrogens is 382 g/mol. The quantitative estimate of drug-likeness (QED) is 0.540. The Morgan fingerprint density at radius 1 is 1.14 bits per heavy atom. The van der Waals surface area contributed by atoms with Gasteiger partial charge in [-0.2, -0.15) is 10.2 Å². The Kier molecular flexibility index (Phi) is 4.40. The largest absolute Gasteiger partial charge is 0.481 e. The number of fused-ring (bicyclic) bond motifs is 1. The average Bonchev–Trinajstić information content (AvgIpc) is 3.26. The average molecular weight is 397 g/mol. The van der Waals surface area contributed by atoms with Crippen molar-refractivity contribution in [2.24, 2.45) is 0 Å². The lowest BCUT2D eigenvalue weighted by atomic mass is 10.2. The van der Waals surface area contributed by atoms with Crippen molar-refractivity contribution < 1.29 is 13.2 Å². The van der Waals surface area contributed by atoms with Crippen molar-refractivity contribution in [3.05, 3.63) is 71.0 Å². The van der Waals surface area contributed by atoms with Crippen LogP contribution in [0.5, 0.6) is 5.88 Å². The van der Waals surface area contributed by atoms with Gasteiger partial charge in [0.15, 0.2) is 0 Å². The van der Waals surface area contributed by atoms with Gasteiger partial charge in [-0.05, 0) is 24.3 Å². The van der Waals surface area contributed by atoms with Gasteiger partial charge >= 0.3 is 0 Å². The summed E-state index contributed by atoms with van der Waals surface area (Å²) < 4.78 is 31.6. The summed E-state index contributed by atoms with van der Waals surface area (Å²) in [7, 11) is -2.20. The molecule has 28 heavy (non-hydrogen) atoms. The molecule has 0 saturated carbocycles. The van der Waals surface area contributed by atoms with Gasteiger partial charge in [0.2, 0.25) is 15.7 Å². The third-order valence-corrected chi connectivity index (χ3v) is 5.94. The maximum Gasteiger partial charge on any atom is 0.274 e. The summed E-state index contributed by atoms with van der Waals surface area (Å²) in [6, 6.07) is 9.58. The minimum absolute atomic E-state index is 0.0530. The lowest BCUT2D eigenvalue weighted by Crippen LogP contribution is -2.23. The molecule has 0 spiro atoms. The van der Waals surface area contributed by atoms with E-state index in [1.54, 1.807) is 18.2 Å². The fourth-order valence-corrected chi connectivity index (χ4v) is 3.98. The third kappa shape index (κ3) is 3.14. The molecule has 0 aliphatic heterocycles. The second-order valence-corrected chi connectivity index (χ2v) is 7.91. The Morgan fingerprint density at radius 2 is 2.00 bits per heavy atom. The van der Waals surface area contributed by atoms with Crippen molar-refractivity contribution in [2.75, 3.05) is 7.11 Å². The maximum atomic E-state index is 12.8. The number of ether oxygens (including phenoxy) is 1. The van der Waals surface area contributed by atoms with E-state index < -0.39 is 9.84 Å². The number of nitrogens with one attached hydrogen (secondary N) is 1. The summed E-state index contributed by atoms with van der Waals surface area (Å²) >= 11 is 0. The fourth-order valence-electron chi connectivity index (χ4n) is 2.78. The number of rotatable bonds is 5. The molecule has 0 saturated heterocycles. The number of hydrogen-bond donors (Lipinski definition) is 1. The highest BCUT2D eigenvalue weighted by Gasteiger charge is 2.19. The lowest BCUT2D eigenvalue weighted by molar-refractivity contribution is 0.395. The molecule has 0 aliphatic carbocycles. The van der Waals surface area contributed by atoms with Gasteiger partial charge in [-0.25, -0.2) is 18.1 Å². The fraction of sp³-hybridized carbons (Fsp3) is 0.111. The summed E-state index contributed by atoms with van der Waals surface area (Å²) in [5, 5.41) is 11.1. The van der Waals surface area contributed by atoms with Crippen LogP contribution >= 0.6 is 0 Å². The second-order valence-electron chi connectivity index (χ2n) is 5.97. The maximum absolute atomic E-state index is 12.8. The van der Waals surface area contributed by atoms with Crippen molar-refractivity contribution >= 4 is 20.6 Å². The molecule has 0 fully saturated rings. The predicted molar refractivity (Wildman–Crippen MR) is 99.9 cm³/mol. The SMILES string of the molecule is COc1cccc(Cn2ncc3cc(S(=O)(=O)c4cn[nH]c4)ccc3c2=O)n1. The molecule has 4 rings (SSSR count). The molecule has 10 heteroatoms. The zero-order valence-electron chi connectivity index (χ0n) is 14.7. The predicted octanol–water partition coefficient (Wildman–Crippen LogP) is 1.40. The number of benzene rings is 1. The van der Waals surface area contributed by atoms with E-state index in [1.807, 2.05) is 0 Å². The monoisotopic (exact) mass is 397 g/mol. The third-order valence-electron chi connectivity index (χ3n) is 4.22. The van der Waals surface area contributed by atoms with Gasteiger partial charge in [-0.1, -0.05) is 6.07 Å². The summed E-state index contributed by atoms with van der Waals surface area (Å²) in [4.78, 5) is 17.1. The molecule has 1 aromatic carbocycles. The van der Waals surface area contributed by atoms with Gasteiger partial charge in [0.1, 0.15) is 4.90 Å². The van der Waals surface area contributed by atoms with E-state index in [9.17, 15) is 13.2 Å². The Hall–Kier alpha value is -3.53. The number of H-pyrrole nitrogens is 1. The topological polar surface area (TPSA) is 120 Å². The highest BCUT2D eigenvalue weighted by molar-refractivity contribution is 7.91.